The van der Waals surface area contributed by atoms with Gasteiger partial charge >= 0.3 is 0 Å². The van der Waals surface area contributed by atoms with E-state index >= 15 is 4.39 Å². The quantitative estimate of drug-likeness (QED) is 0.149. The predicted octanol–water partition coefficient (Wildman–Crippen LogP) is 6.65. The maximum absolute atomic E-state index is 15.0. The fourth-order valence-electron chi connectivity index (χ4n) is 5.75. The van der Waals surface area contributed by atoms with Crippen molar-refractivity contribution in [2.24, 2.45) is 0 Å². The highest BCUT2D eigenvalue weighted by Crippen LogP contribution is 2.46. The molecule has 3 N–H and O–H groups in total. The molecule has 0 radical (unpaired) electrons. The van der Waals surface area contributed by atoms with Gasteiger partial charge in [-0.25, -0.2) is 9.37 Å². The topological polar surface area (TPSA) is 94.2 Å². The molecule has 1 aliphatic heterocycles. The van der Waals surface area contributed by atoms with Gasteiger partial charge in [0.1, 0.15) is 24.3 Å². The fourth-order valence-corrected chi connectivity index (χ4v) is 5.75. The van der Waals surface area contributed by atoms with Crippen molar-refractivity contribution in [3.63, 3.8) is 0 Å². The number of pyridine rings is 2. The molecular formula is C36H35FN8O. The summed E-state index contributed by atoms with van der Waals surface area (Å²) < 4.78 is 20.9. The third-order valence-corrected chi connectivity index (χ3v) is 8.01. The van der Waals surface area contributed by atoms with Gasteiger partial charge < -0.3 is 25.2 Å². The summed E-state index contributed by atoms with van der Waals surface area (Å²) in [4.78, 5) is 13.2. The molecule has 0 spiro atoms. The summed E-state index contributed by atoms with van der Waals surface area (Å²) in [6.07, 6.45) is 5.09. The lowest BCUT2D eigenvalue weighted by Crippen LogP contribution is -2.24. The lowest BCUT2D eigenvalue weighted by Gasteiger charge is -2.27. The van der Waals surface area contributed by atoms with Crippen LogP contribution in [0.3, 0.4) is 0 Å². The molecule has 0 amide bonds. The Kier molecular flexibility index (Phi) is 8.28. The number of nitrogens with zero attached hydrogens (tertiary/aromatic N) is 5. The number of rotatable bonds is 11. The second-order valence-corrected chi connectivity index (χ2v) is 11.6. The van der Waals surface area contributed by atoms with E-state index in [2.05, 4.69) is 61.1 Å². The SMILES string of the molecule is CN(C)CCOc1cc(F)cc(N2c3cccnc3NC2c2[nH]nc3ccc(-c4cncc(CNCc5ccccc5)c4)cc23)c1. The Morgan fingerprint density at radius 2 is 1.78 bits per heavy atom. The molecule has 3 aromatic heterocycles. The first-order valence-electron chi connectivity index (χ1n) is 15.3. The first-order valence-corrected chi connectivity index (χ1v) is 15.3. The van der Waals surface area contributed by atoms with Crippen LogP contribution in [0.2, 0.25) is 0 Å². The van der Waals surface area contributed by atoms with Gasteiger partial charge in [-0.15, -0.1) is 0 Å². The molecule has 7 rings (SSSR count). The van der Waals surface area contributed by atoms with Crippen LogP contribution in [0.25, 0.3) is 22.0 Å². The summed E-state index contributed by atoms with van der Waals surface area (Å²) in [7, 11) is 3.95. The zero-order valence-corrected chi connectivity index (χ0v) is 25.7. The number of nitrogens with one attached hydrogen (secondary N) is 3. The number of hydrogen-bond donors (Lipinski definition) is 3. The molecule has 46 heavy (non-hydrogen) atoms. The average Bonchev–Trinajstić information content (AvgIpc) is 3.66. The Morgan fingerprint density at radius 3 is 2.65 bits per heavy atom. The predicted molar refractivity (Wildman–Crippen MR) is 179 cm³/mol. The third kappa shape index (κ3) is 6.26. The van der Waals surface area contributed by atoms with E-state index in [9.17, 15) is 0 Å². The summed E-state index contributed by atoms with van der Waals surface area (Å²) in [6.45, 7) is 2.66. The van der Waals surface area contributed by atoms with Crippen molar-refractivity contribution in [2.45, 2.75) is 19.3 Å². The summed E-state index contributed by atoms with van der Waals surface area (Å²) in [5.41, 5.74) is 7.50. The number of fused-ring (bicyclic) bond motifs is 2. The number of aromatic amines is 1. The molecule has 0 bridgehead atoms. The van der Waals surface area contributed by atoms with Gasteiger partial charge in [-0.1, -0.05) is 36.4 Å². The number of halogens is 1. The van der Waals surface area contributed by atoms with Gasteiger partial charge in [0.2, 0.25) is 0 Å². The molecule has 0 saturated heterocycles. The number of likely N-dealkylation sites (N-methyl/N-ethyl adjacent to an activating group) is 1. The normalized spacial score (nSPS) is 14.1. The number of aromatic nitrogens is 4. The van der Waals surface area contributed by atoms with Crippen LogP contribution in [-0.2, 0) is 13.1 Å². The minimum absolute atomic E-state index is 0.379. The van der Waals surface area contributed by atoms with Crippen molar-refractivity contribution >= 4 is 28.1 Å². The number of H-pyrrole nitrogens is 1. The maximum atomic E-state index is 15.0. The van der Waals surface area contributed by atoms with Crippen molar-refractivity contribution in [2.75, 3.05) is 37.5 Å². The van der Waals surface area contributed by atoms with E-state index in [1.807, 2.05) is 78.8 Å². The van der Waals surface area contributed by atoms with E-state index in [-0.39, 0.29) is 5.82 Å². The zero-order valence-electron chi connectivity index (χ0n) is 25.7. The Labute approximate surface area is 267 Å². The van der Waals surface area contributed by atoms with Crippen LogP contribution in [-0.4, -0.2) is 52.3 Å². The van der Waals surface area contributed by atoms with Crippen LogP contribution in [0.1, 0.15) is 23.0 Å². The number of anilines is 3. The third-order valence-electron chi connectivity index (χ3n) is 8.01. The van der Waals surface area contributed by atoms with Crippen LogP contribution < -0.4 is 20.3 Å². The lowest BCUT2D eigenvalue weighted by molar-refractivity contribution is 0.260. The molecular weight excluding hydrogens is 579 g/mol. The molecule has 0 saturated carbocycles. The van der Waals surface area contributed by atoms with E-state index in [4.69, 9.17) is 4.74 Å². The molecule has 0 aliphatic carbocycles. The van der Waals surface area contributed by atoms with Gasteiger partial charge in [-0.3, -0.25) is 10.1 Å². The van der Waals surface area contributed by atoms with Crippen LogP contribution >= 0.6 is 0 Å². The van der Waals surface area contributed by atoms with Crippen molar-refractivity contribution in [3.05, 3.63) is 126 Å². The van der Waals surface area contributed by atoms with Gasteiger partial charge in [-0.2, -0.15) is 5.10 Å². The van der Waals surface area contributed by atoms with E-state index in [0.29, 0.717) is 30.4 Å². The molecule has 10 heteroatoms. The molecule has 4 heterocycles. The highest BCUT2D eigenvalue weighted by atomic mass is 19.1. The molecule has 9 nitrogen and oxygen atoms in total. The second-order valence-electron chi connectivity index (χ2n) is 11.6. The van der Waals surface area contributed by atoms with Crippen molar-refractivity contribution in [1.82, 2.24) is 30.4 Å². The highest BCUT2D eigenvalue weighted by molar-refractivity contribution is 5.90. The molecule has 3 aromatic carbocycles. The minimum Gasteiger partial charge on any atom is -0.492 e. The van der Waals surface area contributed by atoms with Crippen LogP contribution in [0.15, 0.2) is 104 Å². The summed E-state index contributed by atoms with van der Waals surface area (Å²) in [6, 6.07) is 27.4. The second kappa shape index (κ2) is 13.0. The average molecular weight is 615 g/mol. The van der Waals surface area contributed by atoms with Crippen molar-refractivity contribution in [1.29, 1.82) is 0 Å². The van der Waals surface area contributed by atoms with Crippen LogP contribution in [0.5, 0.6) is 5.75 Å². The molecule has 1 unspecified atom stereocenters. The standard InChI is InChI=1S/C36H35FN8O/c1-44(2)13-14-46-30-18-28(37)17-29(19-30)45-33-9-6-12-40-35(33)41-36(45)34-31-16-26(10-11-32(31)42-43-34)27-15-25(22-39-23-27)21-38-20-24-7-4-3-5-8-24/h3-12,15-19,22-23,36,38H,13-14,20-21H2,1-2H3,(H,40,41)(H,42,43). The van der Waals surface area contributed by atoms with Crippen LogP contribution in [0, 0.1) is 5.82 Å². The maximum Gasteiger partial charge on any atom is 0.151 e. The Bertz CT molecular complexity index is 1960. The van der Waals surface area contributed by atoms with E-state index in [1.165, 1.54) is 17.7 Å². The zero-order chi connectivity index (χ0) is 31.5. The first kappa shape index (κ1) is 29.4. The fraction of sp³-hybridized carbons (Fsp3) is 0.194. The van der Waals surface area contributed by atoms with Gasteiger partial charge in [0.15, 0.2) is 5.82 Å². The summed E-state index contributed by atoms with van der Waals surface area (Å²) in [5, 5.41) is 15.9. The van der Waals surface area contributed by atoms with Gasteiger partial charge in [0, 0.05) is 61.3 Å². The Balaban J connectivity index is 1.19. The van der Waals surface area contributed by atoms with E-state index < -0.39 is 6.17 Å². The minimum atomic E-state index is -0.423. The number of ether oxygens (including phenoxy) is 1. The Morgan fingerprint density at radius 1 is 0.913 bits per heavy atom. The largest absolute Gasteiger partial charge is 0.492 e. The highest BCUT2D eigenvalue weighted by Gasteiger charge is 2.35. The molecule has 232 valence electrons. The van der Waals surface area contributed by atoms with E-state index in [1.54, 1.807) is 6.20 Å². The van der Waals surface area contributed by atoms with Crippen molar-refractivity contribution in [3.8, 4) is 16.9 Å². The smallest absolute Gasteiger partial charge is 0.151 e. The lowest BCUT2D eigenvalue weighted by atomic mass is 10.0. The molecule has 6 aromatic rings. The first-order chi connectivity index (χ1) is 22.5. The molecule has 1 aliphatic rings. The van der Waals surface area contributed by atoms with Gasteiger partial charge in [0.25, 0.3) is 0 Å². The Hall–Kier alpha value is -5.32. The van der Waals surface area contributed by atoms with Gasteiger partial charge in [-0.05, 0) is 67.2 Å². The number of hydrogen-bond acceptors (Lipinski definition) is 8. The molecule has 1 atom stereocenters. The van der Waals surface area contributed by atoms with E-state index in [0.717, 1.165) is 52.1 Å². The monoisotopic (exact) mass is 614 g/mol. The summed E-state index contributed by atoms with van der Waals surface area (Å²) in [5.74, 6) is 0.789. The summed E-state index contributed by atoms with van der Waals surface area (Å²) >= 11 is 0. The van der Waals surface area contributed by atoms with Crippen molar-refractivity contribution < 1.29 is 9.13 Å². The van der Waals surface area contributed by atoms with Gasteiger partial charge in [0.05, 0.1) is 22.6 Å². The molecule has 0 fully saturated rings. The van der Waals surface area contributed by atoms with Crippen LogP contribution in [0.4, 0.5) is 21.6 Å². The number of benzene rings is 3.